The fourth-order valence-corrected chi connectivity index (χ4v) is 1.64. The minimum atomic E-state index is 0.416. The van der Waals surface area contributed by atoms with Crippen LogP contribution in [0.4, 0.5) is 0 Å². The van der Waals surface area contributed by atoms with Crippen LogP contribution in [-0.2, 0) is 0 Å². The van der Waals surface area contributed by atoms with Crippen molar-refractivity contribution >= 4 is 5.78 Å². The Labute approximate surface area is 96.9 Å². The van der Waals surface area contributed by atoms with Gasteiger partial charge < -0.3 is 4.74 Å². The monoisotopic (exact) mass is 227 g/mol. The summed E-state index contributed by atoms with van der Waals surface area (Å²) in [6.45, 7) is 0. The molecule has 0 saturated carbocycles. The van der Waals surface area contributed by atoms with Gasteiger partial charge in [-0.2, -0.15) is 9.97 Å². The van der Waals surface area contributed by atoms with Gasteiger partial charge in [0.2, 0.25) is 0 Å². The van der Waals surface area contributed by atoms with E-state index in [1.54, 1.807) is 11.5 Å². The van der Waals surface area contributed by atoms with Crippen molar-refractivity contribution in [2.75, 3.05) is 7.11 Å². The molecule has 0 fully saturated rings. The Morgan fingerprint density at radius 3 is 2.65 bits per heavy atom. The normalized spacial score (nSPS) is 10.6. The number of methoxy groups -OCH3 is 1. The highest BCUT2D eigenvalue weighted by atomic mass is 16.5. The second-order valence-corrected chi connectivity index (χ2v) is 3.39. The van der Waals surface area contributed by atoms with Crippen LogP contribution in [0.5, 0.6) is 6.01 Å². The van der Waals surface area contributed by atoms with Crippen LogP contribution in [0.15, 0.2) is 36.7 Å². The van der Waals surface area contributed by atoms with Gasteiger partial charge in [-0.3, -0.25) is 0 Å². The molecule has 0 N–H and O–H groups in total. The summed E-state index contributed by atoms with van der Waals surface area (Å²) >= 11 is 0. The van der Waals surface area contributed by atoms with Crippen molar-refractivity contribution < 1.29 is 4.74 Å². The van der Waals surface area contributed by atoms with E-state index < -0.39 is 0 Å². The smallest absolute Gasteiger partial charge is 0.306 e. The lowest BCUT2D eigenvalue weighted by molar-refractivity contribution is 0.373. The summed E-state index contributed by atoms with van der Waals surface area (Å²) in [5.41, 5.74) is 0.938. The summed E-state index contributed by atoms with van der Waals surface area (Å²) in [5.74, 6) is 1.13. The first-order chi connectivity index (χ1) is 8.40. The fraction of sp³-hybridized carbons (Fsp3) is 0.0909. The fourth-order valence-electron chi connectivity index (χ4n) is 1.64. The molecular weight excluding hydrogens is 218 g/mol. The van der Waals surface area contributed by atoms with Crippen LogP contribution in [-0.4, -0.2) is 31.7 Å². The Morgan fingerprint density at radius 1 is 1.06 bits per heavy atom. The summed E-state index contributed by atoms with van der Waals surface area (Å²) in [4.78, 5) is 8.07. The Kier molecular flexibility index (Phi) is 2.18. The van der Waals surface area contributed by atoms with Gasteiger partial charge in [-0.25, -0.2) is 4.40 Å². The molecule has 6 heteroatoms. The van der Waals surface area contributed by atoms with Crippen molar-refractivity contribution in [3.63, 3.8) is 0 Å². The maximum absolute atomic E-state index is 5.18. The molecule has 3 rings (SSSR count). The minimum Gasteiger partial charge on any atom is -0.468 e. The number of aromatic nitrogens is 5. The SMILES string of the molecule is COc1ncnc2nnc(-c3ccccc3)n12. The number of fused-ring (bicyclic) bond motifs is 1. The Bertz CT molecular complexity index is 649. The molecule has 0 amide bonds. The molecule has 17 heavy (non-hydrogen) atoms. The predicted octanol–water partition coefficient (Wildman–Crippen LogP) is 1.19. The van der Waals surface area contributed by atoms with Crippen molar-refractivity contribution in [2.24, 2.45) is 0 Å². The van der Waals surface area contributed by atoms with Gasteiger partial charge in [-0.1, -0.05) is 30.3 Å². The van der Waals surface area contributed by atoms with Crippen LogP contribution in [0.1, 0.15) is 0 Å². The average Bonchev–Trinajstić information content (AvgIpc) is 2.83. The molecule has 0 aliphatic rings. The molecule has 0 aliphatic carbocycles. The van der Waals surface area contributed by atoms with E-state index >= 15 is 0 Å². The van der Waals surface area contributed by atoms with E-state index in [1.807, 2.05) is 30.3 Å². The molecule has 0 bridgehead atoms. The Hall–Kier alpha value is -2.50. The van der Waals surface area contributed by atoms with E-state index in [0.29, 0.717) is 17.6 Å². The molecule has 84 valence electrons. The van der Waals surface area contributed by atoms with E-state index in [2.05, 4.69) is 20.2 Å². The van der Waals surface area contributed by atoms with E-state index in [1.165, 1.54) is 6.33 Å². The molecule has 1 aromatic carbocycles. The number of benzene rings is 1. The van der Waals surface area contributed by atoms with Crippen molar-refractivity contribution in [3.8, 4) is 17.4 Å². The molecule has 2 aromatic heterocycles. The highest BCUT2D eigenvalue weighted by Crippen LogP contribution is 2.20. The van der Waals surface area contributed by atoms with Gasteiger partial charge in [0.05, 0.1) is 7.11 Å². The van der Waals surface area contributed by atoms with E-state index in [-0.39, 0.29) is 0 Å². The maximum atomic E-state index is 5.18. The molecule has 0 radical (unpaired) electrons. The quantitative estimate of drug-likeness (QED) is 0.658. The third-order valence-electron chi connectivity index (χ3n) is 2.39. The second-order valence-electron chi connectivity index (χ2n) is 3.39. The van der Waals surface area contributed by atoms with Crippen LogP contribution in [0, 0.1) is 0 Å². The Morgan fingerprint density at radius 2 is 1.88 bits per heavy atom. The zero-order valence-electron chi connectivity index (χ0n) is 9.11. The van der Waals surface area contributed by atoms with Gasteiger partial charge in [-0.15, -0.1) is 10.2 Å². The molecular formula is C11H9N5O. The van der Waals surface area contributed by atoms with Gasteiger partial charge in [0.25, 0.3) is 5.78 Å². The van der Waals surface area contributed by atoms with Crippen LogP contribution in [0.3, 0.4) is 0 Å². The summed E-state index contributed by atoms with van der Waals surface area (Å²) in [5, 5.41) is 8.09. The first kappa shape index (κ1) is 9.71. The zero-order valence-corrected chi connectivity index (χ0v) is 9.11. The lowest BCUT2D eigenvalue weighted by Gasteiger charge is -2.03. The van der Waals surface area contributed by atoms with Gasteiger partial charge in [0, 0.05) is 5.56 Å². The molecule has 0 spiro atoms. The molecule has 2 heterocycles. The van der Waals surface area contributed by atoms with Crippen LogP contribution >= 0.6 is 0 Å². The standard InChI is InChI=1S/C11H9N5O/c1-17-11-13-7-12-10-15-14-9(16(10)11)8-5-3-2-4-6-8/h2-7H,1H3. The number of hydrogen-bond donors (Lipinski definition) is 0. The number of hydrogen-bond acceptors (Lipinski definition) is 5. The van der Waals surface area contributed by atoms with Crippen molar-refractivity contribution in [3.05, 3.63) is 36.7 Å². The summed E-state index contributed by atoms with van der Waals surface area (Å²) in [6, 6.07) is 10.1. The third-order valence-corrected chi connectivity index (χ3v) is 2.39. The largest absolute Gasteiger partial charge is 0.468 e. The molecule has 6 nitrogen and oxygen atoms in total. The topological polar surface area (TPSA) is 65.2 Å². The minimum absolute atomic E-state index is 0.416. The zero-order chi connectivity index (χ0) is 11.7. The molecule has 3 aromatic rings. The molecule has 0 unspecified atom stereocenters. The Balaban J connectivity index is 2.31. The average molecular weight is 227 g/mol. The van der Waals surface area contributed by atoms with Gasteiger partial charge in [0.15, 0.2) is 5.82 Å². The maximum Gasteiger partial charge on any atom is 0.306 e. The lowest BCUT2D eigenvalue weighted by Crippen LogP contribution is -2.00. The first-order valence-corrected chi connectivity index (χ1v) is 5.05. The highest BCUT2D eigenvalue weighted by Gasteiger charge is 2.12. The third kappa shape index (κ3) is 1.50. The molecule has 0 aliphatic heterocycles. The predicted molar refractivity (Wildman–Crippen MR) is 60.6 cm³/mol. The molecule has 0 saturated heterocycles. The van der Waals surface area contributed by atoms with Crippen molar-refractivity contribution in [1.82, 2.24) is 24.6 Å². The van der Waals surface area contributed by atoms with Crippen molar-refractivity contribution in [2.45, 2.75) is 0 Å². The van der Waals surface area contributed by atoms with E-state index in [0.717, 1.165) is 5.56 Å². The van der Waals surface area contributed by atoms with E-state index in [4.69, 9.17) is 4.74 Å². The summed E-state index contributed by atoms with van der Waals surface area (Å²) in [6.07, 6.45) is 1.40. The lowest BCUT2D eigenvalue weighted by atomic mass is 10.2. The number of ether oxygens (including phenoxy) is 1. The second kappa shape index (κ2) is 3.82. The van der Waals surface area contributed by atoms with Crippen LogP contribution < -0.4 is 4.74 Å². The highest BCUT2D eigenvalue weighted by molar-refractivity contribution is 5.58. The van der Waals surface area contributed by atoms with Gasteiger partial charge in [-0.05, 0) is 0 Å². The first-order valence-electron chi connectivity index (χ1n) is 5.05. The number of rotatable bonds is 2. The van der Waals surface area contributed by atoms with Gasteiger partial charge >= 0.3 is 6.01 Å². The van der Waals surface area contributed by atoms with Gasteiger partial charge in [0.1, 0.15) is 6.33 Å². The van der Waals surface area contributed by atoms with E-state index in [9.17, 15) is 0 Å². The van der Waals surface area contributed by atoms with Crippen LogP contribution in [0.25, 0.3) is 17.2 Å². The summed E-state index contributed by atoms with van der Waals surface area (Å²) < 4.78 is 6.86. The van der Waals surface area contributed by atoms with Crippen molar-refractivity contribution in [1.29, 1.82) is 0 Å². The van der Waals surface area contributed by atoms with Crippen LogP contribution in [0.2, 0.25) is 0 Å². The summed E-state index contributed by atoms with van der Waals surface area (Å²) in [7, 11) is 1.55. The number of nitrogens with zero attached hydrogens (tertiary/aromatic N) is 5. The molecule has 0 atom stereocenters.